The summed E-state index contributed by atoms with van der Waals surface area (Å²) in [5, 5.41) is 0. The van der Waals surface area contributed by atoms with Crippen LogP contribution in [0.3, 0.4) is 0 Å². The van der Waals surface area contributed by atoms with E-state index in [0.29, 0.717) is 13.2 Å². The SMILES string of the molecule is CC(C)(C)c1ccc(-c2sc(C(C)(C)C)c3c2OCCO3)cc1. The van der Waals surface area contributed by atoms with Gasteiger partial charge in [0, 0.05) is 5.41 Å². The average molecular weight is 330 g/mol. The monoisotopic (exact) mass is 330 g/mol. The first-order valence-corrected chi connectivity index (χ1v) is 9.03. The van der Waals surface area contributed by atoms with Crippen molar-refractivity contribution in [2.24, 2.45) is 0 Å². The standard InChI is InChI=1S/C20H26O2S/c1-19(2,3)14-9-7-13(8-10-14)17-15-16(22-12-11-21-15)18(23-17)20(4,5)6/h7-10H,11-12H2,1-6H3. The second-order valence-electron chi connectivity index (χ2n) is 8.19. The van der Waals surface area contributed by atoms with Crippen molar-refractivity contribution in [1.82, 2.24) is 0 Å². The molecule has 1 aromatic carbocycles. The zero-order valence-electron chi connectivity index (χ0n) is 14.9. The fraction of sp³-hybridized carbons (Fsp3) is 0.500. The van der Waals surface area contributed by atoms with Gasteiger partial charge in [-0.05, 0) is 16.5 Å². The Morgan fingerprint density at radius 3 is 1.87 bits per heavy atom. The molecule has 1 aliphatic rings. The number of benzene rings is 1. The van der Waals surface area contributed by atoms with E-state index in [1.807, 2.05) is 0 Å². The molecule has 0 bridgehead atoms. The quantitative estimate of drug-likeness (QED) is 0.659. The molecular formula is C20H26O2S. The van der Waals surface area contributed by atoms with Crippen molar-refractivity contribution < 1.29 is 9.47 Å². The van der Waals surface area contributed by atoms with Crippen LogP contribution in [0.25, 0.3) is 10.4 Å². The second-order valence-corrected chi connectivity index (χ2v) is 9.21. The molecule has 0 radical (unpaired) electrons. The Morgan fingerprint density at radius 1 is 0.783 bits per heavy atom. The predicted molar refractivity (Wildman–Crippen MR) is 98.1 cm³/mol. The summed E-state index contributed by atoms with van der Waals surface area (Å²) < 4.78 is 11.9. The minimum absolute atomic E-state index is 0.0546. The number of ether oxygens (including phenoxy) is 2. The maximum Gasteiger partial charge on any atom is 0.180 e. The van der Waals surface area contributed by atoms with E-state index in [2.05, 4.69) is 65.8 Å². The zero-order valence-corrected chi connectivity index (χ0v) is 15.8. The Kier molecular flexibility index (Phi) is 3.96. The van der Waals surface area contributed by atoms with Crippen molar-refractivity contribution in [2.75, 3.05) is 13.2 Å². The maximum atomic E-state index is 5.97. The third-order valence-electron chi connectivity index (χ3n) is 4.09. The molecule has 0 aliphatic carbocycles. The number of rotatable bonds is 1. The maximum absolute atomic E-state index is 5.97. The average Bonchev–Trinajstić information content (AvgIpc) is 2.86. The third-order valence-corrected chi connectivity index (χ3v) is 5.72. The minimum Gasteiger partial charge on any atom is -0.485 e. The smallest absolute Gasteiger partial charge is 0.180 e. The van der Waals surface area contributed by atoms with E-state index >= 15 is 0 Å². The van der Waals surface area contributed by atoms with Gasteiger partial charge in [0.05, 0.1) is 9.75 Å². The Bertz CT molecular complexity index is 697. The van der Waals surface area contributed by atoms with Gasteiger partial charge in [0.1, 0.15) is 13.2 Å². The lowest BCUT2D eigenvalue weighted by molar-refractivity contribution is 0.171. The van der Waals surface area contributed by atoms with Crippen molar-refractivity contribution in [3.05, 3.63) is 34.7 Å². The van der Waals surface area contributed by atoms with E-state index in [9.17, 15) is 0 Å². The molecule has 0 spiro atoms. The van der Waals surface area contributed by atoms with Crippen LogP contribution in [0, 0.1) is 0 Å². The molecule has 23 heavy (non-hydrogen) atoms. The number of thiophene rings is 1. The highest BCUT2D eigenvalue weighted by Crippen LogP contribution is 2.53. The first-order valence-electron chi connectivity index (χ1n) is 8.22. The van der Waals surface area contributed by atoms with Crippen LogP contribution in [-0.2, 0) is 10.8 Å². The number of fused-ring (bicyclic) bond motifs is 1. The Morgan fingerprint density at radius 2 is 1.35 bits per heavy atom. The van der Waals surface area contributed by atoms with Crippen molar-refractivity contribution in [1.29, 1.82) is 0 Å². The molecule has 0 amide bonds. The van der Waals surface area contributed by atoms with Crippen molar-refractivity contribution in [3.63, 3.8) is 0 Å². The van der Waals surface area contributed by atoms with E-state index in [0.717, 1.165) is 11.5 Å². The lowest BCUT2D eigenvalue weighted by Crippen LogP contribution is -2.18. The van der Waals surface area contributed by atoms with Gasteiger partial charge >= 0.3 is 0 Å². The largest absolute Gasteiger partial charge is 0.485 e. The molecule has 2 nitrogen and oxygen atoms in total. The molecule has 0 saturated heterocycles. The van der Waals surface area contributed by atoms with Gasteiger partial charge in [-0.2, -0.15) is 0 Å². The summed E-state index contributed by atoms with van der Waals surface area (Å²) in [5.74, 6) is 1.87. The van der Waals surface area contributed by atoms with Crippen LogP contribution in [-0.4, -0.2) is 13.2 Å². The summed E-state index contributed by atoms with van der Waals surface area (Å²) in [5.41, 5.74) is 2.78. The van der Waals surface area contributed by atoms with Crippen LogP contribution in [0.5, 0.6) is 11.5 Å². The molecule has 2 aromatic rings. The number of hydrogen-bond donors (Lipinski definition) is 0. The van der Waals surface area contributed by atoms with Crippen LogP contribution in [0.15, 0.2) is 24.3 Å². The van der Waals surface area contributed by atoms with Crippen LogP contribution in [0.1, 0.15) is 52.0 Å². The topological polar surface area (TPSA) is 18.5 Å². The summed E-state index contributed by atoms with van der Waals surface area (Å²) in [6.45, 7) is 14.7. The van der Waals surface area contributed by atoms with Crippen molar-refractivity contribution in [3.8, 4) is 21.9 Å². The highest BCUT2D eigenvalue weighted by molar-refractivity contribution is 7.16. The molecule has 3 heteroatoms. The highest BCUT2D eigenvalue weighted by atomic mass is 32.1. The second kappa shape index (κ2) is 5.55. The van der Waals surface area contributed by atoms with Crippen LogP contribution < -0.4 is 9.47 Å². The molecule has 2 heterocycles. The van der Waals surface area contributed by atoms with Gasteiger partial charge in [0.2, 0.25) is 0 Å². The molecule has 1 aliphatic heterocycles. The zero-order chi connectivity index (χ0) is 16.8. The molecule has 1 aromatic heterocycles. The molecule has 3 rings (SSSR count). The Hall–Kier alpha value is -1.48. The van der Waals surface area contributed by atoms with Crippen molar-refractivity contribution >= 4 is 11.3 Å². The summed E-state index contributed by atoms with van der Waals surface area (Å²) in [7, 11) is 0. The highest BCUT2D eigenvalue weighted by Gasteiger charge is 2.31. The normalized spacial score (nSPS) is 14.9. The van der Waals surface area contributed by atoms with Gasteiger partial charge in [-0.25, -0.2) is 0 Å². The van der Waals surface area contributed by atoms with E-state index in [4.69, 9.17) is 9.47 Å². The van der Waals surface area contributed by atoms with Gasteiger partial charge in [-0.15, -0.1) is 11.3 Å². The van der Waals surface area contributed by atoms with Gasteiger partial charge in [-0.1, -0.05) is 65.8 Å². The number of hydrogen-bond acceptors (Lipinski definition) is 3. The Balaban J connectivity index is 2.08. The summed E-state index contributed by atoms with van der Waals surface area (Å²) in [6, 6.07) is 8.86. The van der Waals surface area contributed by atoms with Crippen LogP contribution >= 0.6 is 11.3 Å². The van der Waals surface area contributed by atoms with Crippen LogP contribution in [0.2, 0.25) is 0 Å². The molecule has 0 N–H and O–H groups in total. The predicted octanol–water partition coefficient (Wildman–Crippen LogP) is 5.78. The first kappa shape index (κ1) is 16.4. The van der Waals surface area contributed by atoms with E-state index in [1.54, 1.807) is 11.3 Å². The van der Waals surface area contributed by atoms with Gasteiger partial charge in [0.15, 0.2) is 11.5 Å². The third kappa shape index (κ3) is 3.12. The fourth-order valence-electron chi connectivity index (χ4n) is 2.76. The van der Waals surface area contributed by atoms with Crippen LogP contribution in [0.4, 0.5) is 0 Å². The van der Waals surface area contributed by atoms with Gasteiger partial charge < -0.3 is 9.47 Å². The molecule has 0 fully saturated rings. The van der Waals surface area contributed by atoms with Crippen molar-refractivity contribution in [2.45, 2.75) is 52.4 Å². The molecule has 0 atom stereocenters. The molecular weight excluding hydrogens is 304 g/mol. The van der Waals surface area contributed by atoms with Gasteiger partial charge in [0.25, 0.3) is 0 Å². The van der Waals surface area contributed by atoms with E-state index < -0.39 is 0 Å². The van der Waals surface area contributed by atoms with Gasteiger partial charge in [-0.3, -0.25) is 0 Å². The molecule has 124 valence electrons. The first-order chi connectivity index (χ1) is 10.7. The molecule has 0 saturated carbocycles. The fourth-order valence-corrected chi connectivity index (χ4v) is 4.01. The summed E-state index contributed by atoms with van der Waals surface area (Å²) >= 11 is 1.80. The minimum atomic E-state index is 0.0546. The molecule has 0 unspecified atom stereocenters. The summed E-state index contributed by atoms with van der Waals surface area (Å²) in [4.78, 5) is 2.45. The summed E-state index contributed by atoms with van der Waals surface area (Å²) in [6.07, 6.45) is 0. The lowest BCUT2D eigenvalue weighted by atomic mass is 9.86. The lowest BCUT2D eigenvalue weighted by Gasteiger charge is -2.22. The van der Waals surface area contributed by atoms with E-state index in [-0.39, 0.29) is 10.8 Å². The Labute approximate surface area is 143 Å². The van der Waals surface area contributed by atoms with E-state index in [1.165, 1.54) is 20.9 Å².